The van der Waals surface area contributed by atoms with Crippen LogP contribution in [0.2, 0.25) is 0 Å². The fourth-order valence-corrected chi connectivity index (χ4v) is 5.97. The molecule has 0 aliphatic carbocycles. The lowest BCUT2D eigenvalue weighted by atomic mass is 10.0. The molecule has 14 heteroatoms. The molecule has 4 aromatic carbocycles. The van der Waals surface area contributed by atoms with Gasteiger partial charge in [-0.3, -0.25) is 14.4 Å². The molecule has 260 valence electrons. The second kappa shape index (κ2) is 14.7. The van der Waals surface area contributed by atoms with Crippen molar-refractivity contribution >= 4 is 17.7 Å². The van der Waals surface area contributed by atoms with Crippen molar-refractivity contribution in [3.05, 3.63) is 114 Å². The van der Waals surface area contributed by atoms with Gasteiger partial charge in [0, 0.05) is 25.1 Å². The van der Waals surface area contributed by atoms with Crippen LogP contribution in [0.1, 0.15) is 28.8 Å². The molecule has 8 rings (SSSR count). The molecule has 0 saturated carbocycles. The van der Waals surface area contributed by atoms with E-state index in [1.165, 1.54) is 29.1 Å². The van der Waals surface area contributed by atoms with Crippen LogP contribution in [0.3, 0.4) is 0 Å². The topological polar surface area (TPSA) is 141 Å². The van der Waals surface area contributed by atoms with Gasteiger partial charge >= 0.3 is 0 Å². The minimum Gasteiger partial charge on any atom is -0.486 e. The summed E-state index contributed by atoms with van der Waals surface area (Å²) in [5.74, 6) is -0.888. The van der Waals surface area contributed by atoms with E-state index in [0.717, 1.165) is 5.56 Å². The van der Waals surface area contributed by atoms with Gasteiger partial charge in [0.2, 0.25) is 11.7 Å². The van der Waals surface area contributed by atoms with Crippen molar-refractivity contribution in [3.8, 4) is 34.0 Å². The maximum atomic E-state index is 15.1. The zero-order valence-corrected chi connectivity index (χ0v) is 27.3. The van der Waals surface area contributed by atoms with Crippen molar-refractivity contribution in [1.29, 1.82) is 0 Å². The fraction of sp³-hybridized carbons (Fsp3) is 0.243. The number of tetrazole rings is 1. The summed E-state index contributed by atoms with van der Waals surface area (Å²) >= 11 is 0. The second-order valence-corrected chi connectivity index (χ2v) is 12.3. The molecule has 5 aromatic rings. The zero-order valence-electron chi connectivity index (χ0n) is 27.3. The number of rotatable bonds is 5. The molecule has 2 atom stereocenters. The van der Waals surface area contributed by atoms with Crippen molar-refractivity contribution in [2.45, 2.75) is 38.1 Å². The Hall–Kier alpha value is -6.18. The second-order valence-electron chi connectivity index (χ2n) is 12.3. The van der Waals surface area contributed by atoms with Gasteiger partial charge in [-0.05, 0) is 89.0 Å². The lowest BCUT2D eigenvalue weighted by molar-refractivity contribution is -0.130. The van der Waals surface area contributed by atoms with Gasteiger partial charge in [0.05, 0.1) is 24.7 Å². The number of benzene rings is 4. The predicted octanol–water partition coefficient (Wildman–Crippen LogP) is 4.16. The molecule has 3 aliphatic heterocycles. The van der Waals surface area contributed by atoms with E-state index in [2.05, 4.69) is 26.0 Å². The van der Waals surface area contributed by atoms with Crippen LogP contribution in [0, 0.1) is 11.6 Å². The largest absolute Gasteiger partial charge is 0.486 e. The molecule has 1 fully saturated rings. The van der Waals surface area contributed by atoms with Gasteiger partial charge in [-0.15, -0.1) is 10.2 Å². The highest BCUT2D eigenvalue weighted by molar-refractivity contribution is 5.96. The first-order chi connectivity index (χ1) is 24.8. The minimum absolute atomic E-state index is 0.149. The van der Waals surface area contributed by atoms with E-state index < -0.39 is 23.9 Å². The number of carbonyl (C=O) groups is 3. The van der Waals surface area contributed by atoms with Crippen molar-refractivity contribution in [1.82, 2.24) is 35.7 Å². The minimum atomic E-state index is -0.703. The summed E-state index contributed by atoms with van der Waals surface area (Å²) in [6.07, 6.45) is -0.0515. The molecular weight excluding hydrogens is 660 g/mol. The summed E-state index contributed by atoms with van der Waals surface area (Å²) in [5.41, 5.74) is 2.54. The number of hydrogen-bond acceptors (Lipinski definition) is 8. The van der Waals surface area contributed by atoms with Gasteiger partial charge in [0.25, 0.3) is 11.8 Å². The number of likely N-dealkylation sites (tertiary alicyclic amines) is 1. The van der Waals surface area contributed by atoms with Crippen molar-refractivity contribution in [2.75, 3.05) is 19.7 Å². The van der Waals surface area contributed by atoms with Gasteiger partial charge in [-0.2, -0.15) is 4.80 Å². The smallest absolute Gasteiger partial charge is 0.258 e. The molecule has 51 heavy (non-hydrogen) atoms. The maximum Gasteiger partial charge on any atom is 0.258 e. The number of nitrogens with one attached hydrogen (secondary N) is 2. The molecule has 12 nitrogen and oxygen atoms in total. The number of carbonyl (C=O) groups excluding carboxylic acids is 3. The van der Waals surface area contributed by atoms with Crippen LogP contribution in [-0.2, 0) is 22.7 Å². The Morgan fingerprint density at radius 2 is 1.67 bits per heavy atom. The molecule has 3 amide bonds. The predicted molar refractivity (Wildman–Crippen MR) is 180 cm³/mol. The average molecular weight is 694 g/mol. The van der Waals surface area contributed by atoms with Gasteiger partial charge in [-0.1, -0.05) is 30.3 Å². The van der Waals surface area contributed by atoms with E-state index in [1.54, 1.807) is 59.5 Å². The van der Waals surface area contributed by atoms with E-state index in [4.69, 9.17) is 9.47 Å². The van der Waals surface area contributed by atoms with E-state index in [0.29, 0.717) is 47.0 Å². The summed E-state index contributed by atoms with van der Waals surface area (Å²) in [5, 5.41) is 18.1. The highest BCUT2D eigenvalue weighted by atomic mass is 19.1. The van der Waals surface area contributed by atoms with Gasteiger partial charge in [-0.25, -0.2) is 8.78 Å². The number of nitrogens with zero attached hydrogens (tertiary/aromatic N) is 5. The molecule has 0 spiro atoms. The Bertz CT molecular complexity index is 2060. The first kappa shape index (κ1) is 33.3. The van der Waals surface area contributed by atoms with Crippen LogP contribution in [0.15, 0.2) is 91.0 Å². The lowest BCUT2D eigenvalue weighted by Gasteiger charge is -2.21. The highest BCUT2D eigenvalue weighted by Gasteiger charge is 2.38. The number of amides is 3. The zero-order chi connectivity index (χ0) is 35.3. The summed E-state index contributed by atoms with van der Waals surface area (Å²) in [6, 6.07) is 23.4. The Kier molecular flexibility index (Phi) is 9.63. The van der Waals surface area contributed by atoms with E-state index in [9.17, 15) is 18.8 Å². The third-order valence-corrected chi connectivity index (χ3v) is 8.69. The molecule has 1 aromatic heterocycles. The Balaban J connectivity index is 1.08. The molecule has 2 N–H and O–H groups in total. The molecular formula is C37H33F2N7O5. The van der Waals surface area contributed by atoms with Crippen LogP contribution in [0.5, 0.6) is 11.5 Å². The summed E-state index contributed by atoms with van der Waals surface area (Å²) < 4.78 is 40.4. The average Bonchev–Trinajstić information content (AvgIpc) is 3.78. The first-order valence-corrected chi connectivity index (χ1v) is 16.4. The standard InChI is InChI=1S/C37H33F2N7O5/c38-27-11-8-24(9-12-27)36-42-44-46(43-36)16-2-5-35(48)45-20-32-33(21-45)51-28-13-6-23(7-14-28)19-40-34(47)22-50-29-4-1-3-25(17-29)26-10-15-31(39)30(18-26)37(49)41-32/h1,3-4,6-15,17-18,32-33H,2,5,16,19-22H2,(H,40,47)(H,41,49)/t32-,33-/m0/s1. The number of aromatic nitrogens is 4. The Morgan fingerprint density at radius 3 is 2.49 bits per heavy atom. The summed E-state index contributed by atoms with van der Waals surface area (Å²) in [4.78, 5) is 42.5. The number of hydrogen-bond donors (Lipinski definition) is 2. The van der Waals surface area contributed by atoms with Crippen LogP contribution in [0.4, 0.5) is 8.78 Å². The van der Waals surface area contributed by atoms with Gasteiger partial charge < -0.3 is 25.0 Å². The van der Waals surface area contributed by atoms with Gasteiger partial charge in [0.15, 0.2) is 6.61 Å². The van der Waals surface area contributed by atoms with Crippen LogP contribution < -0.4 is 20.1 Å². The molecule has 0 radical (unpaired) electrons. The van der Waals surface area contributed by atoms with E-state index >= 15 is 4.39 Å². The van der Waals surface area contributed by atoms with Crippen LogP contribution >= 0.6 is 0 Å². The van der Waals surface area contributed by atoms with Crippen LogP contribution in [-0.4, -0.2) is 74.7 Å². The molecule has 4 heterocycles. The van der Waals surface area contributed by atoms with Crippen LogP contribution in [0.25, 0.3) is 22.5 Å². The number of ether oxygens (including phenoxy) is 2. The number of aryl methyl sites for hydroxylation is 1. The summed E-state index contributed by atoms with van der Waals surface area (Å²) in [6.45, 7) is 0.744. The third-order valence-electron chi connectivity index (χ3n) is 8.69. The van der Waals surface area contributed by atoms with Crippen molar-refractivity contribution in [3.63, 3.8) is 0 Å². The number of halogens is 2. The van der Waals surface area contributed by atoms with Gasteiger partial charge in [0.1, 0.15) is 29.2 Å². The summed E-state index contributed by atoms with van der Waals surface area (Å²) in [7, 11) is 0. The molecule has 1 saturated heterocycles. The maximum absolute atomic E-state index is 15.1. The van der Waals surface area contributed by atoms with Crippen molar-refractivity contribution in [2.24, 2.45) is 0 Å². The molecule has 6 bridgehead atoms. The molecule has 3 aliphatic rings. The first-order valence-electron chi connectivity index (χ1n) is 16.4. The normalized spacial score (nSPS) is 17.5. The van der Waals surface area contributed by atoms with E-state index in [1.807, 2.05) is 12.1 Å². The number of fused-ring (bicyclic) bond motifs is 7. The van der Waals surface area contributed by atoms with Crippen molar-refractivity contribution < 1.29 is 32.6 Å². The third kappa shape index (κ3) is 8.01. The highest BCUT2D eigenvalue weighted by Crippen LogP contribution is 2.27. The quantitative estimate of drug-likeness (QED) is 0.280. The fourth-order valence-electron chi connectivity index (χ4n) is 5.97. The monoisotopic (exact) mass is 693 g/mol. The van der Waals surface area contributed by atoms with E-state index in [-0.39, 0.29) is 55.9 Å². The Labute approximate surface area is 291 Å². The lowest BCUT2D eigenvalue weighted by Crippen LogP contribution is -2.45. The Morgan fingerprint density at radius 1 is 0.882 bits per heavy atom. The SMILES string of the molecule is O=C1COc2cccc(c2)-c2ccc(F)c(c2)C(=O)N[C@H]2CN(C(=O)CCCn3nnc(-c4ccc(F)cc4)n3)C[C@@H]2Oc2ccc(cc2)CN1. The molecule has 0 unspecified atom stereocenters.